The molecule has 0 saturated carbocycles. The molecule has 0 unspecified atom stereocenters. The number of nitrogens with two attached hydrogens (primary N) is 1. The van der Waals surface area contributed by atoms with E-state index in [1.807, 2.05) is 84.9 Å². The summed E-state index contributed by atoms with van der Waals surface area (Å²) in [6.45, 7) is 0.765. The predicted molar refractivity (Wildman–Crippen MR) is 140 cm³/mol. The molecule has 0 atom stereocenters. The number of hydrogen-bond acceptors (Lipinski definition) is 4. The van der Waals surface area contributed by atoms with Crippen molar-refractivity contribution in [3.8, 4) is 11.5 Å². The minimum Gasteiger partial charge on any atom is -0.489 e. The Bertz CT molecular complexity index is 1260. The van der Waals surface area contributed by atoms with Crippen molar-refractivity contribution in [1.29, 1.82) is 0 Å². The van der Waals surface area contributed by atoms with Crippen LogP contribution in [0.5, 0.6) is 11.5 Å². The molecule has 0 saturated heterocycles. The third-order valence-corrected chi connectivity index (χ3v) is 5.55. The molecule has 0 aliphatic rings. The third-order valence-electron chi connectivity index (χ3n) is 5.55. The predicted octanol–water partition coefficient (Wildman–Crippen LogP) is 4.91. The van der Waals surface area contributed by atoms with E-state index >= 15 is 0 Å². The lowest BCUT2D eigenvalue weighted by Crippen LogP contribution is -2.34. The van der Waals surface area contributed by atoms with Gasteiger partial charge in [-0.2, -0.15) is 0 Å². The molecule has 4 aromatic rings. The maximum absolute atomic E-state index is 13.2. The highest BCUT2D eigenvalue weighted by molar-refractivity contribution is 5.94. The largest absolute Gasteiger partial charge is 0.489 e. The molecule has 0 aromatic heterocycles. The Balaban J connectivity index is 1.39. The minimum atomic E-state index is -0.395. The van der Waals surface area contributed by atoms with Gasteiger partial charge in [-0.05, 0) is 53.1 Å². The molecule has 6 heteroatoms. The van der Waals surface area contributed by atoms with Gasteiger partial charge in [-0.3, -0.25) is 9.59 Å². The summed E-state index contributed by atoms with van der Waals surface area (Å²) in [5.74, 6) is 0.743. The van der Waals surface area contributed by atoms with Crippen molar-refractivity contribution in [2.24, 2.45) is 5.73 Å². The van der Waals surface area contributed by atoms with E-state index in [0.29, 0.717) is 18.9 Å². The molecular weight excluding hydrogens is 452 g/mol. The summed E-state index contributed by atoms with van der Waals surface area (Å²) in [4.78, 5) is 25.9. The van der Waals surface area contributed by atoms with Crippen molar-refractivity contribution >= 4 is 17.5 Å². The van der Waals surface area contributed by atoms with Gasteiger partial charge in [0.15, 0.2) is 6.61 Å². The molecule has 0 aliphatic carbocycles. The SMILES string of the molecule is NC(=O)Cc1ccc(OCC(=O)N(Cc2ccc(OCc3ccccc3)cc2)c2ccccc2)cc1. The molecular formula is C30H28N2O4. The van der Waals surface area contributed by atoms with Gasteiger partial charge in [0, 0.05) is 5.69 Å². The van der Waals surface area contributed by atoms with Gasteiger partial charge >= 0.3 is 0 Å². The number of ether oxygens (including phenoxy) is 2. The van der Waals surface area contributed by atoms with E-state index in [9.17, 15) is 9.59 Å². The van der Waals surface area contributed by atoms with Crippen LogP contribution in [0.1, 0.15) is 16.7 Å². The van der Waals surface area contributed by atoms with Crippen LogP contribution in [0.15, 0.2) is 109 Å². The van der Waals surface area contributed by atoms with E-state index in [4.69, 9.17) is 15.2 Å². The second-order valence-electron chi connectivity index (χ2n) is 8.31. The molecule has 4 aromatic carbocycles. The van der Waals surface area contributed by atoms with Crippen molar-refractivity contribution in [3.63, 3.8) is 0 Å². The summed E-state index contributed by atoms with van der Waals surface area (Å²) < 4.78 is 11.6. The minimum absolute atomic E-state index is 0.123. The third kappa shape index (κ3) is 7.21. The monoisotopic (exact) mass is 480 g/mol. The Morgan fingerprint density at radius 3 is 1.81 bits per heavy atom. The first kappa shape index (κ1) is 24.5. The molecule has 4 rings (SSSR count). The van der Waals surface area contributed by atoms with Crippen molar-refractivity contribution in [3.05, 3.63) is 126 Å². The summed E-state index contributed by atoms with van der Waals surface area (Å²) in [5, 5.41) is 0. The van der Waals surface area contributed by atoms with Crippen molar-refractivity contribution in [2.75, 3.05) is 11.5 Å². The van der Waals surface area contributed by atoms with E-state index < -0.39 is 5.91 Å². The van der Waals surface area contributed by atoms with Crippen LogP contribution in [0.25, 0.3) is 0 Å². The van der Waals surface area contributed by atoms with E-state index in [-0.39, 0.29) is 18.9 Å². The molecule has 36 heavy (non-hydrogen) atoms. The van der Waals surface area contributed by atoms with Crippen molar-refractivity contribution in [1.82, 2.24) is 0 Å². The first-order chi connectivity index (χ1) is 17.6. The fraction of sp³-hybridized carbons (Fsp3) is 0.133. The van der Waals surface area contributed by atoms with Gasteiger partial charge in [0.2, 0.25) is 5.91 Å². The zero-order valence-electron chi connectivity index (χ0n) is 19.9. The summed E-state index contributed by atoms with van der Waals surface area (Å²) in [6, 6.07) is 34.2. The molecule has 2 N–H and O–H groups in total. The van der Waals surface area contributed by atoms with Crippen LogP contribution in [-0.2, 0) is 29.2 Å². The smallest absolute Gasteiger partial charge is 0.265 e. The Labute approximate surface area is 210 Å². The highest BCUT2D eigenvalue weighted by Gasteiger charge is 2.17. The Morgan fingerprint density at radius 2 is 1.19 bits per heavy atom. The first-order valence-electron chi connectivity index (χ1n) is 11.7. The van der Waals surface area contributed by atoms with Crippen LogP contribution in [0.4, 0.5) is 5.69 Å². The van der Waals surface area contributed by atoms with Gasteiger partial charge in [-0.25, -0.2) is 0 Å². The highest BCUT2D eigenvalue weighted by Crippen LogP contribution is 2.21. The van der Waals surface area contributed by atoms with Crippen LogP contribution < -0.4 is 20.1 Å². The number of nitrogens with zero attached hydrogens (tertiary/aromatic N) is 1. The van der Waals surface area contributed by atoms with E-state index in [1.165, 1.54) is 0 Å². The quantitative estimate of drug-likeness (QED) is 0.331. The number of carbonyl (C=O) groups excluding carboxylic acids is 2. The Hall–Kier alpha value is -4.58. The van der Waals surface area contributed by atoms with Crippen LogP contribution in [-0.4, -0.2) is 18.4 Å². The van der Waals surface area contributed by atoms with Crippen LogP contribution in [0.3, 0.4) is 0 Å². The fourth-order valence-corrected chi connectivity index (χ4v) is 3.67. The lowest BCUT2D eigenvalue weighted by Gasteiger charge is -2.23. The van der Waals surface area contributed by atoms with Gasteiger partial charge in [-0.15, -0.1) is 0 Å². The van der Waals surface area contributed by atoms with Crippen LogP contribution >= 0.6 is 0 Å². The molecule has 0 aliphatic heterocycles. The number of amides is 2. The topological polar surface area (TPSA) is 81.9 Å². The van der Waals surface area contributed by atoms with Crippen LogP contribution in [0, 0.1) is 0 Å². The van der Waals surface area contributed by atoms with Gasteiger partial charge in [0.05, 0.1) is 13.0 Å². The van der Waals surface area contributed by atoms with Gasteiger partial charge in [0.1, 0.15) is 18.1 Å². The lowest BCUT2D eigenvalue weighted by atomic mass is 10.1. The number of para-hydroxylation sites is 1. The molecule has 0 fully saturated rings. The maximum atomic E-state index is 13.2. The number of anilines is 1. The molecule has 2 amide bonds. The summed E-state index contributed by atoms with van der Waals surface area (Å²) in [6.07, 6.45) is 0.164. The Kier molecular flexibility index (Phi) is 8.33. The zero-order chi connectivity index (χ0) is 25.2. The second-order valence-corrected chi connectivity index (χ2v) is 8.31. The van der Waals surface area contributed by atoms with Gasteiger partial charge in [-0.1, -0.05) is 72.8 Å². The normalized spacial score (nSPS) is 10.4. The highest BCUT2D eigenvalue weighted by atomic mass is 16.5. The number of hydrogen-bond donors (Lipinski definition) is 1. The lowest BCUT2D eigenvalue weighted by molar-refractivity contribution is -0.120. The van der Waals surface area contributed by atoms with Crippen molar-refractivity contribution < 1.29 is 19.1 Å². The van der Waals surface area contributed by atoms with Crippen molar-refractivity contribution in [2.45, 2.75) is 19.6 Å². The maximum Gasteiger partial charge on any atom is 0.265 e. The van der Waals surface area contributed by atoms with E-state index in [0.717, 1.165) is 28.1 Å². The van der Waals surface area contributed by atoms with Gasteiger partial charge < -0.3 is 20.1 Å². The fourth-order valence-electron chi connectivity index (χ4n) is 3.67. The van der Waals surface area contributed by atoms with Crippen LogP contribution in [0.2, 0.25) is 0 Å². The zero-order valence-corrected chi connectivity index (χ0v) is 19.9. The summed E-state index contributed by atoms with van der Waals surface area (Å²) >= 11 is 0. The molecule has 0 spiro atoms. The number of primary amides is 1. The Morgan fingerprint density at radius 1 is 0.639 bits per heavy atom. The van der Waals surface area contributed by atoms with E-state index in [1.54, 1.807) is 29.2 Å². The molecule has 0 bridgehead atoms. The number of carbonyl (C=O) groups is 2. The van der Waals surface area contributed by atoms with E-state index in [2.05, 4.69) is 0 Å². The molecule has 182 valence electrons. The average Bonchev–Trinajstić information content (AvgIpc) is 2.91. The standard InChI is InChI=1S/C30H28N2O4/c31-29(33)19-23-11-15-28(16-12-23)36-22-30(34)32(26-9-5-2-6-10-26)20-24-13-17-27(18-14-24)35-21-25-7-3-1-4-8-25/h1-18H,19-22H2,(H2,31,33). The second kappa shape index (κ2) is 12.2. The molecule has 0 radical (unpaired) electrons. The molecule has 6 nitrogen and oxygen atoms in total. The van der Waals surface area contributed by atoms with Gasteiger partial charge in [0.25, 0.3) is 5.91 Å². The first-order valence-corrected chi connectivity index (χ1v) is 11.7. The molecule has 0 heterocycles. The summed E-state index contributed by atoms with van der Waals surface area (Å²) in [5.41, 5.74) is 8.88. The average molecular weight is 481 g/mol. The summed E-state index contributed by atoms with van der Waals surface area (Å²) in [7, 11) is 0. The number of benzene rings is 4. The number of rotatable bonds is 11.